The fourth-order valence-electron chi connectivity index (χ4n) is 4.52. The predicted molar refractivity (Wildman–Crippen MR) is 134 cm³/mol. The molecule has 1 saturated heterocycles. The number of fused-ring (bicyclic) bond motifs is 1. The number of aromatic nitrogens is 3. The number of ether oxygens (including phenoxy) is 1. The van der Waals surface area contributed by atoms with Gasteiger partial charge in [-0.05, 0) is 55.2 Å². The van der Waals surface area contributed by atoms with Crippen LogP contribution < -0.4 is 20.7 Å². The summed E-state index contributed by atoms with van der Waals surface area (Å²) in [5.41, 5.74) is 9.07. The number of halogens is 1. The van der Waals surface area contributed by atoms with Crippen molar-refractivity contribution in [2.75, 3.05) is 29.0 Å². The average molecular weight is 475 g/mol. The molecule has 2 aromatic carbocycles. The van der Waals surface area contributed by atoms with E-state index in [0.717, 1.165) is 36.4 Å². The third kappa shape index (κ3) is 4.89. The summed E-state index contributed by atoms with van der Waals surface area (Å²) in [5, 5.41) is 4.04. The van der Waals surface area contributed by atoms with E-state index in [9.17, 15) is 9.18 Å². The van der Waals surface area contributed by atoms with Gasteiger partial charge in [0.05, 0.1) is 5.39 Å². The summed E-state index contributed by atoms with van der Waals surface area (Å²) < 4.78 is 18.9. The number of nitrogen functional groups attached to an aromatic ring is 1. The quantitative estimate of drug-likeness (QED) is 0.343. The highest BCUT2D eigenvalue weighted by Crippen LogP contribution is 2.31. The number of anilines is 3. The van der Waals surface area contributed by atoms with Crippen molar-refractivity contribution in [3.8, 4) is 11.5 Å². The largest absolute Gasteiger partial charge is 0.457 e. The van der Waals surface area contributed by atoms with Crippen molar-refractivity contribution in [2.45, 2.75) is 26.2 Å². The Morgan fingerprint density at radius 3 is 2.69 bits per heavy atom. The Balaban J connectivity index is 1.24. The fraction of sp³-hybridized carbons (Fsp3) is 0.269. The maximum Gasteiger partial charge on any atom is 0.227 e. The Morgan fingerprint density at radius 2 is 1.94 bits per heavy atom. The van der Waals surface area contributed by atoms with Crippen molar-refractivity contribution < 1.29 is 13.9 Å². The van der Waals surface area contributed by atoms with E-state index in [0.29, 0.717) is 35.7 Å². The third-order valence-electron chi connectivity index (χ3n) is 6.32. The smallest absolute Gasteiger partial charge is 0.227 e. The number of amides is 1. The van der Waals surface area contributed by atoms with Gasteiger partial charge < -0.3 is 25.7 Å². The zero-order valence-electron chi connectivity index (χ0n) is 19.4. The highest BCUT2D eigenvalue weighted by Gasteiger charge is 2.27. The number of carbonyl (C=O) groups is 1. The number of rotatable bonds is 6. The zero-order valence-corrected chi connectivity index (χ0v) is 19.4. The lowest BCUT2D eigenvalue weighted by Crippen LogP contribution is -2.38. The van der Waals surface area contributed by atoms with Crippen LogP contribution in [0.25, 0.3) is 11.0 Å². The number of benzene rings is 2. The van der Waals surface area contributed by atoms with Crippen LogP contribution >= 0.6 is 0 Å². The van der Waals surface area contributed by atoms with Crippen molar-refractivity contribution >= 4 is 34.1 Å². The molecule has 4 N–H and O–H groups in total. The van der Waals surface area contributed by atoms with Crippen LogP contribution in [-0.4, -0.2) is 33.9 Å². The summed E-state index contributed by atoms with van der Waals surface area (Å²) >= 11 is 0. The van der Waals surface area contributed by atoms with E-state index in [1.807, 2.05) is 6.20 Å². The fourth-order valence-corrected chi connectivity index (χ4v) is 4.52. The lowest BCUT2D eigenvalue weighted by Gasteiger charge is -2.32. The molecule has 0 aliphatic carbocycles. The monoisotopic (exact) mass is 474 g/mol. The summed E-state index contributed by atoms with van der Waals surface area (Å²) in [6.07, 6.45) is 5.89. The first-order chi connectivity index (χ1) is 17.0. The maximum atomic E-state index is 13.1. The van der Waals surface area contributed by atoms with Crippen molar-refractivity contribution in [1.82, 2.24) is 15.0 Å². The van der Waals surface area contributed by atoms with E-state index in [2.05, 4.69) is 32.1 Å². The summed E-state index contributed by atoms with van der Waals surface area (Å²) in [6, 6.07) is 10.8. The van der Waals surface area contributed by atoms with Gasteiger partial charge in [0.25, 0.3) is 0 Å². The van der Waals surface area contributed by atoms with E-state index in [1.54, 1.807) is 24.5 Å². The van der Waals surface area contributed by atoms with Crippen molar-refractivity contribution in [1.29, 1.82) is 0 Å². The number of aromatic amines is 1. The van der Waals surface area contributed by atoms with Crippen LogP contribution in [0.1, 0.15) is 25.3 Å². The highest BCUT2D eigenvalue weighted by molar-refractivity contribution is 5.94. The maximum absolute atomic E-state index is 13.1. The molecule has 1 aliphatic heterocycles. The van der Waals surface area contributed by atoms with Crippen LogP contribution in [0.2, 0.25) is 0 Å². The molecule has 1 fully saturated rings. The molecular formula is C26H27FN6O2. The molecule has 0 atom stereocenters. The van der Waals surface area contributed by atoms with Gasteiger partial charge in [-0.15, -0.1) is 0 Å². The van der Waals surface area contributed by atoms with Crippen LogP contribution in [0.5, 0.6) is 11.5 Å². The highest BCUT2D eigenvalue weighted by atomic mass is 19.1. The molecule has 0 unspecified atom stereocenters. The van der Waals surface area contributed by atoms with Gasteiger partial charge in [0.1, 0.15) is 35.1 Å². The zero-order chi connectivity index (χ0) is 24.4. The van der Waals surface area contributed by atoms with Crippen LogP contribution in [0.15, 0.2) is 55.0 Å². The van der Waals surface area contributed by atoms with Gasteiger partial charge in [0, 0.05) is 48.7 Å². The molecule has 0 saturated carbocycles. The second-order valence-electron chi connectivity index (χ2n) is 8.69. The molecule has 180 valence electrons. The van der Waals surface area contributed by atoms with Gasteiger partial charge in [0.15, 0.2) is 0 Å². The second kappa shape index (κ2) is 9.61. The van der Waals surface area contributed by atoms with Crippen molar-refractivity contribution in [3.05, 3.63) is 66.4 Å². The standard InChI is InChI=1S/C26H27FN6O2/c1-2-16-14-29-24-23(16)25(31-15-30-24)33-9-7-17(8-10-33)26(34)32-20-11-19(28)12-22(13-20)35-21-5-3-18(27)4-6-21/h3-6,11-15,17H,2,7-10,28H2,1H3,(H,32,34)(H,29,30,31). The van der Waals surface area contributed by atoms with Crippen LogP contribution in [-0.2, 0) is 11.2 Å². The number of carbonyl (C=O) groups excluding carboxylic acids is 1. The first kappa shape index (κ1) is 22.6. The summed E-state index contributed by atoms with van der Waals surface area (Å²) in [4.78, 5) is 27.4. The molecule has 2 aromatic heterocycles. The summed E-state index contributed by atoms with van der Waals surface area (Å²) in [6.45, 7) is 3.57. The Labute approximate surface area is 202 Å². The van der Waals surface area contributed by atoms with Crippen LogP contribution in [0.4, 0.5) is 21.6 Å². The number of hydrogen-bond donors (Lipinski definition) is 3. The van der Waals surface area contributed by atoms with Gasteiger partial charge in [0.2, 0.25) is 5.91 Å². The summed E-state index contributed by atoms with van der Waals surface area (Å²) in [7, 11) is 0. The van der Waals surface area contributed by atoms with Crippen molar-refractivity contribution in [2.24, 2.45) is 5.92 Å². The minimum atomic E-state index is -0.341. The molecule has 1 aliphatic rings. The normalized spacial score (nSPS) is 14.3. The minimum absolute atomic E-state index is 0.0493. The number of nitrogens with zero attached hydrogens (tertiary/aromatic N) is 3. The number of hydrogen-bond acceptors (Lipinski definition) is 6. The van der Waals surface area contributed by atoms with E-state index < -0.39 is 0 Å². The minimum Gasteiger partial charge on any atom is -0.457 e. The molecule has 0 spiro atoms. The molecule has 35 heavy (non-hydrogen) atoms. The topological polar surface area (TPSA) is 109 Å². The Bertz CT molecular complexity index is 1350. The van der Waals surface area contributed by atoms with E-state index in [4.69, 9.17) is 10.5 Å². The molecule has 8 nitrogen and oxygen atoms in total. The SMILES string of the molecule is CCc1c[nH]c2ncnc(N3CCC(C(=O)Nc4cc(N)cc(Oc5ccc(F)cc5)c4)CC3)c12. The lowest BCUT2D eigenvalue weighted by atomic mass is 9.95. The molecule has 0 bridgehead atoms. The third-order valence-corrected chi connectivity index (χ3v) is 6.32. The number of piperidine rings is 1. The van der Waals surface area contributed by atoms with Gasteiger partial charge in [-0.3, -0.25) is 4.79 Å². The van der Waals surface area contributed by atoms with Crippen LogP contribution in [0.3, 0.4) is 0 Å². The van der Waals surface area contributed by atoms with Crippen molar-refractivity contribution in [3.63, 3.8) is 0 Å². The lowest BCUT2D eigenvalue weighted by molar-refractivity contribution is -0.120. The molecular weight excluding hydrogens is 447 g/mol. The first-order valence-electron chi connectivity index (χ1n) is 11.7. The van der Waals surface area contributed by atoms with Gasteiger partial charge in [-0.1, -0.05) is 6.92 Å². The number of nitrogens with one attached hydrogen (secondary N) is 2. The molecule has 5 rings (SSSR count). The van der Waals surface area contributed by atoms with E-state index in [1.165, 1.54) is 29.8 Å². The number of aryl methyl sites for hydroxylation is 1. The summed E-state index contributed by atoms with van der Waals surface area (Å²) in [5.74, 6) is 1.36. The van der Waals surface area contributed by atoms with Gasteiger partial charge in [-0.25, -0.2) is 14.4 Å². The molecule has 3 heterocycles. The number of H-pyrrole nitrogens is 1. The molecule has 4 aromatic rings. The van der Waals surface area contributed by atoms with Crippen LogP contribution in [0, 0.1) is 11.7 Å². The second-order valence-corrected chi connectivity index (χ2v) is 8.69. The van der Waals surface area contributed by atoms with Gasteiger partial charge >= 0.3 is 0 Å². The van der Waals surface area contributed by atoms with E-state index >= 15 is 0 Å². The van der Waals surface area contributed by atoms with E-state index in [-0.39, 0.29) is 17.6 Å². The predicted octanol–water partition coefficient (Wildman–Crippen LogP) is 4.89. The van der Waals surface area contributed by atoms with Gasteiger partial charge in [-0.2, -0.15) is 0 Å². The Hall–Kier alpha value is -4.14. The molecule has 0 radical (unpaired) electrons. The Morgan fingerprint density at radius 1 is 1.17 bits per heavy atom. The average Bonchev–Trinajstić information content (AvgIpc) is 3.29. The molecule has 1 amide bonds. The molecule has 9 heteroatoms. The number of nitrogens with two attached hydrogens (primary N) is 1. The Kier molecular flexibility index (Phi) is 6.22. The first-order valence-corrected chi connectivity index (χ1v) is 11.7.